The van der Waals surface area contributed by atoms with Crippen LogP contribution in [0.25, 0.3) is 6.08 Å². The number of halogens is 1. The summed E-state index contributed by atoms with van der Waals surface area (Å²) in [5.74, 6) is 0.618. The molecule has 0 bridgehead atoms. The Kier molecular flexibility index (Phi) is 4.96. The van der Waals surface area contributed by atoms with Gasteiger partial charge >= 0.3 is 0 Å². The third-order valence-corrected chi connectivity index (χ3v) is 5.83. The zero-order valence-corrected chi connectivity index (χ0v) is 16.2. The van der Waals surface area contributed by atoms with E-state index in [9.17, 15) is 4.39 Å². The molecule has 1 aliphatic heterocycles. The van der Waals surface area contributed by atoms with E-state index < -0.39 is 0 Å². The molecule has 2 aliphatic rings. The quantitative estimate of drug-likeness (QED) is 0.826. The van der Waals surface area contributed by atoms with Crippen molar-refractivity contribution >= 4 is 12.0 Å². The van der Waals surface area contributed by atoms with E-state index in [1.807, 2.05) is 37.3 Å². The number of hydrogen-bond donors (Lipinski definition) is 0. The number of likely N-dealkylation sites (tertiary alicyclic amines) is 1. The second-order valence-electron chi connectivity index (χ2n) is 8.01. The molecule has 1 aliphatic carbocycles. The molecule has 1 fully saturated rings. The van der Waals surface area contributed by atoms with Crippen LogP contribution in [0.3, 0.4) is 0 Å². The number of rotatable bonds is 4. The van der Waals surface area contributed by atoms with Crippen molar-refractivity contribution in [1.82, 2.24) is 14.9 Å². The lowest BCUT2D eigenvalue weighted by atomic mass is 9.77. The van der Waals surface area contributed by atoms with Crippen molar-refractivity contribution in [1.29, 1.82) is 0 Å². The maximum Gasteiger partial charge on any atom is 0.225 e. The van der Waals surface area contributed by atoms with E-state index >= 15 is 0 Å². The summed E-state index contributed by atoms with van der Waals surface area (Å²) in [6, 6.07) is 6.65. The predicted molar refractivity (Wildman–Crippen MR) is 107 cm³/mol. The molecule has 4 nitrogen and oxygen atoms in total. The van der Waals surface area contributed by atoms with E-state index in [0.29, 0.717) is 0 Å². The van der Waals surface area contributed by atoms with E-state index in [0.717, 1.165) is 37.6 Å². The third kappa shape index (κ3) is 3.74. The van der Waals surface area contributed by atoms with Crippen molar-refractivity contribution in [3.63, 3.8) is 0 Å². The van der Waals surface area contributed by atoms with Gasteiger partial charge in [0.2, 0.25) is 5.95 Å². The van der Waals surface area contributed by atoms with Gasteiger partial charge in [0.05, 0.1) is 5.69 Å². The Labute approximate surface area is 160 Å². The molecule has 0 radical (unpaired) electrons. The van der Waals surface area contributed by atoms with Crippen LogP contribution >= 0.6 is 0 Å². The lowest BCUT2D eigenvalue weighted by Crippen LogP contribution is -2.45. The Bertz CT molecular complexity index is 827. The van der Waals surface area contributed by atoms with Gasteiger partial charge in [-0.25, -0.2) is 14.4 Å². The van der Waals surface area contributed by atoms with Crippen molar-refractivity contribution in [3.8, 4) is 0 Å². The predicted octanol–water partition coefficient (Wildman–Crippen LogP) is 3.67. The number of hydrogen-bond acceptors (Lipinski definition) is 4. The fraction of sp³-hybridized carbons (Fsp3) is 0.455. The second-order valence-corrected chi connectivity index (χ2v) is 8.01. The molecule has 1 saturated heterocycles. The van der Waals surface area contributed by atoms with Crippen LogP contribution in [-0.4, -0.2) is 48.6 Å². The van der Waals surface area contributed by atoms with Crippen molar-refractivity contribution in [2.75, 3.05) is 38.6 Å². The molecule has 5 heteroatoms. The summed E-state index contributed by atoms with van der Waals surface area (Å²) in [4.78, 5) is 13.9. The Morgan fingerprint density at radius 3 is 2.81 bits per heavy atom. The topological polar surface area (TPSA) is 32.3 Å². The number of benzene rings is 1. The molecule has 2 heterocycles. The molecule has 4 rings (SSSR count). The maximum absolute atomic E-state index is 13.0. The van der Waals surface area contributed by atoms with Crippen LogP contribution in [0.5, 0.6) is 0 Å². The van der Waals surface area contributed by atoms with Crippen molar-refractivity contribution in [2.45, 2.75) is 31.1 Å². The summed E-state index contributed by atoms with van der Waals surface area (Å²) < 4.78 is 13.0. The number of piperidine rings is 1. The van der Waals surface area contributed by atoms with Gasteiger partial charge < -0.3 is 4.90 Å². The minimum Gasteiger partial charge on any atom is -0.347 e. The lowest BCUT2D eigenvalue weighted by molar-refractivity contribution is 0.156. The molecule has 27 heavy (non-hydrogen) atoms. The Balaban J connectivity index is 1.47. The van der Waals surface area contributed by atoms with Crippen LogP contribution < -0.4 is 4.90 Å². The second kappa shape index (κ2) is 7.39. The normalized spacial score (nSPS) is 22.5. The molecule has 1 aromatic carbocycles. The Hall–Kier alpha value is -2.27. The van der Waals surface area contributed by atoms with Crippen LogP contribution in [0.15, 0.2) is 36.5 Å². The van der Waals surface area contributed by atoms with Gasteiger partial charge in [-0.3, -0.25) is 4.90 Å². The van der Waals surface area contributed by atoms with Crippen LogP contribution in [-0.2, 0) is 11.8 Å². The monoisotopic (exact) mass is 366 g/mol. The van der Waals surface area contributed by atoms with Gasteiger partial charge in [-0.1, -0.05) is 24.3 Å². The van der Waals surface area contributed by atoms with Crippen molar-refractivity contribution in [2.24, 2.45) is 0 Å². The van der Waals surface area contributed by atoms with Gasteiger partial charge in [0, 0.05) is 38.8 Å². The first-order valence-corrected chi connectivity index (χ1v) is 9.74. The van der Waals surface area contributed by atoms with Crippen LogP contribution in [0.1, 0.15) is 36.1 Å². The molecular formula is C22H27FN4. The van der Waals surface area contributed by atoms with E-state index in [4.69, 9.17) is 4.98 Å². The van der Waals surface area contributed by atoms with Gasteiger partial charge in [-0.2, -0.15) is 0 Å². The molecule has 1 spiro atoms. The molecular weight excluding hydrogens is 339 g/mol. The summed E-state index contributed by atoms with van der Waals surface area (Å²) in [6.07, 6.45) is 11.0. The number of fused-ring (bicyclic) bond motifs is 2. The Morgan fingerprint density at radius 2 is 2.04 bits per heavy atom. The summed E-state index contributed by atoms with van der Waals surface area (Å²) in [6.45, 7) is 3.09. The van der Waals surface area contributed by atoms with Gasteiger partial charge in [0.15, 0.2) is 0 Å². The summed E-state index contributed by atoms with van der Waals surface area (Å²) in [7, 11) is 3.99. The minimum absolute atomic E-state index is 0.172. The average Bonchev–Trinajstić information content (AvgIpc) is 3.01. The highest BCUT2D eigenvalue weighted by Gasteiger charge is 2.43. The first kappa shape index (κ1) is 18.1. The molecule has 0 saturated carbocycles. The van der Waals surface area contributed by atoms with Crippen molar-refractivity contribution in [3.05, 3.63) is 59.2 Å². The number of nitrogens with zero attached hydrogens (tertiary/aromatic N) is 4. The zero-order chi connectivity index (χ0) is 18.9. The highest BCUT2D eigenvalue weighted by atomic mass is 19.1. The van der Waals surface area contributed by atoms with Gasteiger partial charge in [-0.05, 0) is 55.5 Å². The van der Waals surface area contributed by atoms with E-state index in [-0.39, 0.29) is 11.2 Å². The smallest absolute Gasteiger partial charge is 0.225 e. The molecule has 2 aromatic rings. The van der Waals surface area contributed by atoms with E-state index in [1.54, 1.807) is 0 Å². The largest absolute Gasteiger partial charge is 0.347 e. The first-order chi connectivity index (χ1) is 13.1. The molecule has 142 valence electrons. The fourth-order valence-corrected chi connectivity index (χ4v) is 4.44. The molecule has 1 aromatic heterocycles. The number of aryl methyl sites for hydroxylation is 1. The first-order valence-electron chi connectivity index (χ1n) is 9.74. The summed E-state index contributed by atoms with van der Waals surface area (Å²) in [5, 5.41) is 0. The highest BCUT2D eigenvalue weighted by Crippen LogP contribution is 2.44. The third-order valence-electron chi connectivity index (χ3n) is 5.83. The van der Waals surface area contributed by atoms with Crippen molar-refractivity contribution < 1.29 is 4.39 Å². The zero-order valence-electron chi connectivity index (χ0n) is 16.2. The number of aromatic nitrogens is 2. The minimum atomic E-state index is -0.191. The van der Waals surface area contributed by atoms with Crippen LogP contribution in [0.4, 0.5) is 10.3 Å². The Morgan fingerprint density at radius 1 is 1.22 bits per heavy atom. The molecule has 1 atom stereocenters. The molecule has 0 amide bonds. The van der Waals surface area contributed by atoms with Crippen LogP contribution in [0, 0.1) is 5.82 Å². The summed E-state index contributed by atoms with van der Waals surface area (Å²) >= 11 is 0. The summed E-state index contributed by atoms with van der Waals surface area (Å²) in [5.41, 5.74) is 3.81. The number of anilines is 1. The van der Waals surface area contributed by atoms with Gasteiger partial charge in [0.25, 0.3) is 0 Å². The van der Waals surface area contributed by atoms with Crippen LogP contribution in [0.2, 0.25) is 0 Å². The highest BCUT2D eigenvalue weighted by molar-refractivity contribution is 5.49. The molecule has 0 N–H and O–H groups in total. The average molecular weight is 366 g/mol. The lowest BCUT2D eigenvalue weighted by Gasteiger charge is -2.40. The molecule has 1 unspecified atom stereocenters. The SMILES string of the molecule is CN(C)c1ncc2c(n1)C1(CCCN(CC=Cc3ccc(F)cc3)C1)CC2. The van der Waals surface area contributed by atoms with Gasteiger partial charge in [-0.15, -0.1) is 0 Å². The van der Waals surface area contributed by atoms with E-state index in [2.05, 4.69) is 22.0 Å². The maximum atomic E-state index is 13.0. The fourth-order valence-electron chi connectivity index (χ4n) is 4.44. The van der Waals surface area contributed by atoms with E-state index in [1.165, 1.54) is 42.7 Å². The standard InChI is InChI=1S/C22H27FN4/c1-26(2)21-24-15-18-10-12-22(20(18)25-21)11-4-14-27(16-22)13-3-5-17-6-8-19(23)9-7-17/h3,5-9,15H,4,10-14,16H2,1-2H3. The van der Waals surface area contributed by atoms with Gasteiger partial charge in [0.1, 0.15) is 5.82 Å².